The van der Waals surface area contributed by atoms with Gasteiger partial charge in [0.15, 0.2) is 6.29 Å². The summed E-state index contributed by atoms with van der Waals surface area (Å²) >= 11 is 0. The van der Waals surface area contributed by atoms with Gasteiger partial charge in [-0.2, -0.15) is 13.2 Å². The molecular weight excluding hydrogens is 255 g/mol. The Morgan fingerprint density at radius 1 is 1.37 bits per heavy atom. The van der Waals surface area contributed by atoms with Crippen LogP contribution in [0.2, 0.25) is 0 Å². The first-order valence-electron chi connectivity index (χ1n) is 6.33. The zero-order valence-electron chi connectivity index (χ0n) is 10.7. The van der Waals surface area contributed by atoms with Gasteiger partial charge in [0.25, 0.3) is 0 Å². The van der Waals surface area contributed by atoms with Crippen LogP contribution in [0.1, 0.15) is 35.7 Å². The van der Waals surface area contributed by atoms with Gasteiger partial charge in [-0.1, -0.05) is 6.92 Å². The normalized spacial score (nSPS) is 20.4. The second-order valence-corrected chi connectivity index (χ2v) is 5.08. The molecule has 1 aromatic carbocycles. The lowest BCUT2D eigenvalue weighted by Gasteiger charge is -2.33. The summed E-state index contributed by atoms with van der Waals surface area (Å²) in [5, 5.41) is 0. The first kappa shape index (κ1) is 13.9. The molecule has 0 saturated carbocycles. The van der Waals surface area contributed by atoms with E-state index in [4.69, 9.17) is 0 Å². The van der Waals surface area contributed by atoms with E-state index < -0.39 is 11.7 Å². The first-order chi connectivity index (χ1) is 8.91. The van der Waals surface area contributed by atoms with Crippen molar-refractivity contribution in [3.8, 4) is 0 Å². The average Bonchev–Trinajstić information content (AvgIpc) is 2.37. The number of carbonyl (C=O) groups excluding carboxylic acids is 1. The highest BCUT2D eigenvalue weighted by molar-refractivity contribution is 5.85. The van der Waals surface area contributed by atoms with Crippen LogP contribution < -0.4 is 4.90 Å². The zero-order chi connectivity index (χ0) is 14.0. The van der Waals surface area contributed by atoms with E-state index in [9.17, 15) is 18.0 Å². The summed E-state index contributed by atoms with van der Waals surface area (Å²) in [4.78, 5) is 13.0. The Kier molecular flexibility index (Phi) is 3.83. The molecule has 1 saturated heterocycles. The van der Waals surface area contributed by atoms with Crippen molar-refractivity contribution in [3.05, 3.63) is 29.3 Å². The quantitative estimate of drug-likeness (QED) is 0.763. The third-order valence-electron chi connectivity index (χ3n) is 3.48. The molecule has 2 rings (SSSR count). The second-order valence-electron chi connectivity index (χ2n) is 5.08. The molecule has 0 N–H and O–H groups in total. The lowest BCUT2D eigenvalue weighted by atomic mass is 9.98. The van der Waals surface area contributed by atoms with E-state index in [1.165, 1.54) is 6.07 Å². The van der Waals surface area contributed by atoms with Gasteiger partial charge in [-0.05, 0) is 37.0 Å². The standard InChI is InChI=1S/C14H16F3NO/c1-10-3-2-6-18(8-10)13-5-4-12(14(15,16)17)7-11(13)9-19/h4-5,7,9-10H,2-3,6,8H2,1H3. The van der Waals surface area contributed by atoms with Crippen molar-refractivity contribution in [2.75, 3.05) is 18.0 Å². The van der Waals surface area contributed by atoms with E-state index >= 15 is 0 Å². The van der Waals surface area contributed by atoms with Crippen LogP contribution in [0.4, 0.5) is 18.9 Å². The largest absolute Gasteiger partial charge is 0.416 e. The van der Waals surface area contributed by atoms with Gasteiger partial charge in [-0.25, -0.2) is 0 Å². The van der Waals surface area contributed by atoms with Gasteiger partial charge in [0.1, 0.15) is 0 Å². The van der Waals surface area contributed by atoms with Crippen LogP contribution in [0.5, 0.6) is 0 Å². The van der Waals surface area contributed by atoms with Crippen LogP contribution in [-0.4, -0.2) is 19.4 Å². The third-order valence-corrected chi connectivity index (χ3v) is 3.48. The molecule has 1 unspecified atom stereocenters. The van der Waals surface area contributed by atoms with Gasteiger partial charge in [-0.3, -0.25) is 4.79 Å². The highest BCUT2D eigenvalue weighted by atomic mass is 19.4. The molecule has 0 radical (unpaired) electrons. The fourth-order valence-corrected chi connectivity index (χ4v) is 2.52. The van der Waals surface area contributed by atoms with Crippen LogP contribution in [0, 0.1) is 5.92 Å². The molecule has 2 nitrogen and oxygen atoms in total. The molecule has 1 fully saturated rings. The number of hydrogen-bond acceptors (Lipinski definition) is 2. The second kappa shape index (κ2) is 5.23. The van der Waals surface area contributed by atoms with Gasteiger partial charge in [0, 0.05) is 24.3 Å². The minimum Gasteiger partial charge on any atom is -0.371 e. The highest BCUT2D eigenvalue weighted by Crippen LogP contribution is 2.33. The number of piperidine rings is 1. The van der Waals surface area contributed by atoms with Crippen molar-refractivity contribution in [2.45, 2.75) is 25.9 Å². The van der Waals surface area contributed by atoms with E-state index in [-0.39, 0.29) is 5.56 Å². The van der Waals surface area contributed by atoms with E-state index in [0.29, 0.717) is 17.9 Å². The maximum atomic E-state index is 12.6. The van der Waals surface area contributed by atoms with Crippen LogP contribution >= 0.6 is 0 Å². The van der Waals surface area contributed by atoms with Crippen molar-refractivity contribution >= 4 is 12.0 Å². The van der Waals surface area contributed by atoms with Gasteiger partial charge in [0.2, 0.25) is 0 Å². The van der Waals surface area contributed by atoms with E-state index in [1.807, 2.05) is 4.90 Å². The molecule has 0 bridgehead atoms. The van der Waals surface area contributed by atoms with Crippen LogP contribution in [0.15, 0.2) is 18.2 Å². The van der Waals surface area contributed by atoms with Gasteiger partial charge < -0.3 is 4.90 Å². The first-order valence-corrected chi connectivity index (χ1v) is 6.33. The predicted molar refractivity (Wildman–Crippen MR) is 67.4 cm³/mol. The van der Waals surface area contributed by atoms with Crippen molar-refractivity contribution in [1.29, 1.82) is 0 Å². The molecule has 19 heavy (non-hydrogen) atoms. The van der Waals surface area contributed by atoms with Crippen molar-refractivity contribution in [2.24, 2.45) is 5.92 Å². The summed E-state index contributed by atoms with van der Waals surface area (Å²) in [6, 6.07) is 3.38. The number of benzene rings is 1. The lowest BCUT2D eigenvalue weighted by molar-refractivity contribution is -0.137. The summed E-state index contributed by atoms with van der Waals surface area (Å²) in [5.41, 5.74) is -0.0538. The Morgan fingerprint density at radius 3 is 2.68 bits per heavy atom. The number of aldehydes is 1. The van der Waals surface area contributed by atoms with Crippen molar-refractivity contribution in [3.63, 3.8) is 0 Å². The summed E-state index contributed by atoms with van der Waals surface area (Å²) in [5.74, 6) is 0.496. The number of carbonyl (C=O) groups is 1. The Labute approximate surface area is 110 Å². The number of alkyl halides is 3. The highest BCUT2D eigenvalue weighted by Gasteiger charge is 2.31. The Hall–Kier alpha value is -1.52. The SMILES string of the molecule is CC1CCCN(c2ccc(C(F)(F)F)cc2C=O)C1. The van der Waals surface area contributed by atoms with E-state index in [1.54, 1.807) is 0 Å². The number of halogens is 3. The van der Waals surface area contributed by atoms with E-state index in [0.717, 1.165) is 38.1 Å². The molecule has 1 aliphatic heterocycles. The fraction of sp³-hybridized carbons (Fsp3) is 0.500. The molecule has 0 spiro atoms. The predicted octanol–water partition coefficient (Wildman–Crippen LogP) is 3.75. The topological polar surface area (TPSA) is 20.3 Å². The molecule has 1 aliphatic rings. The maximum absolute atomic E-state index is 12.6. The van der Waals surface area contributed by atoms with Gasteiger partial charge in [-0.15, -0.1) is 0 Å². The molecule has 0 aromatic heterocycles. The fourth-order valence-electron chi connectivity index (χ4n) is 2.52. The molecule has 5 heteroatoms. The molecule has 0 amide bonds. The number of nitrogens with zero attached hydrogens (tertiary/aromatic N) is 1. The summed E-state index contributed by atoms with van der Waals surface area (Å²) in [6.45, 7) is 3.68. The maximum Gasteiger partial charge on any atom is 0.416 e. The van der Waals surface area contributed by atoms with Crippen LogP contribution in [-0.2, 0) is 6.18 Å². The van der Waals surface area contributed by atoms with Crippen LogP contribution in [0.3, 0.4) is 0 Å². The Morgan fingerprint density at radius 2 is 2.11 bits per heavy atom. The average molecular weight is 271 g/mol. The lowest BCUT2D eigenvalue weighted by Crippen LogP contribution is -2.34. The van der Waals surface area contributed by atoms with E-state index in [2.05, 4.69) is 6.92 Å². The zero-order valence-corrected chi connectivity index (χ0v) is 10.7. The smallest absolute Gasteiger partial charge is 0.371 e. The van der Waals surface area contributed by atoms with Crippen molar-refractivity contribution in [1.82, 2.24) is 0 Å². The number of hydrogen-bond donors (Lipinski definition) is 0. The molecule has 0 aliphatic carbocycles. The molecule has 1 aromatic rings. The summed E-state index contributed by atoms with van der Waals surface area (Å²) in [6.07, 6.45) is -1.79. The molecule has 104 valence electrons. The summed E-state index contributed by atoms with van der Waals surface area (Å²) < 4.78 is 37.8. The Bertz CT molecular complexity index is 470. The number of anilines is 1. The molecular formula is C14H16F3NO. The third kappa shape index (κ3) is 3.08. The minimum absolute atomic E-state index is 0.115. The van der Waals surface area contributed by atoms with Crippen LogP contribution in [0.25, 0.3) is 0 Å². The monoisotopic (exact) mass is 271 g/mol. The molecule has 1 atom stereocenters. The number of rotatable bonds is 2. The summed E-state index contributed by atoms with van der Waals surface area (Å²) in [7, 11) is 0. The van der Waals surface area contributed by atoms with Gasteiger partial charge >= 0.3 is 6.18 Å². The van der Waals surface area contributed by atoms with Crippen molar-refractivity contribution < 1.29 is 18.0 Å². The molecule has 1 heterocycles. The minimum atomic E-state index is -4.41. The Balaban J connectivity index is 2.33. The van der Waals surface area contributed by atoms with Gasteiger partial charge in [0.05, 0.1) is 5.56 Å².